The topological polar surface area (TPSA) is 97.0 Å². The van der Waals surface area contributed by atoms with Crippen molar-refractivity contribution in [3.63, 3.8) is 0 Å². The molecule has 29 heavy (non-hydrogen) atoms. The predicted octanol–water partition coefficient (Wildman–Crippen LogP) is 3.92. The molecule has 2 aromatic heterocycles. The van der Waals surface area contributed by atoms with Crippen molar-refractivity contribution in [2.24, 2.45) is 0 Å². The molecule has 150 valence electrons. The lowest BCUT2D eigenvalue weighted by molar-refractivity contribution is -0.147. The van der Waals surface area contributed by atoms with Gasteiger partial charge in [0.15, 0.2) is 0 Å². The highest BCUT2D eigenvalue weighted by atomic mass is 35.5. The molecular formula is C21H21ClN4O3. The second kappa shape index (κ2) is 8.21. The van der Waals surface area contributed by atoms with E-state index in [9.17, 15) is 9.59 Å². The molecule has 0 radical (unpaired) electrons. The number of H-pyrrole nitrogens is 1. The highest BCUT2D eigenvalue weighted by Crippen LogP contribution is 2.27. The number of carbonyl (C=O) groups excluding carboxylic acids is 1. The highest BCUT2D eigenvalue weighted by molar-refractivity contribution is 6.33. The summed E-state index contributed by atoms with van der Waals surface area (Å²) >= 11 is 6.23. The van der Waals surface area contributed by atoms with Crippen molar-refractivity contribution in [1.82, 2.24) is 15.0 Å². The number of aromatic nitrogens is 3. The summed E-state index contributed by atoms with van der Waals surface area (Å²) in [6.45, 7) is 1.44. The molecule has 2 heterocycles. The molecule has 3 aromatic rings. The molecule has 0 bridgehead atoms. The van der Waals surface area contributed by atoms with Crippen LogP contribution < -0.4 is 10.9 Å². The van der Waals surface area contributed by atoms with E-state index in [4.69, 9.17) is 16.3 Å². The maximum atomic E-state index is 12.6. The zero-order valence-electron chi connectivity index (χ0n) is 15.9. The molecule has 2 N–H and O–H groups in total. The van der Waals surface area contributed by atoms with Crippen molar-refractivity contribution >= 4 is 34.6 Å². The molecule has 8 heteroatoms. The average molecular weight is 413 g/mol. The Bertz CT molecular complexity index is 1110. The maximum absolute atomic E-state index is 12.6. The SMILES string of the molecule is CC(=O)O[C@H]1CC[C@H](Nc2ncc3cc(-c4ccccc4Cl)c(=O)[nH]c3n2)CC1. The van der Waals surface area contributed by atoms with Crippen molar-refractivity contribution in [3.05, 3.63) is 51.9 Å². The van der Waals surface area contributed by atoms with Crippen LogP contribution in [0.5, 0.6) is 0 Å². The number of aromatic amines is 1. The van der Waals surface area contributed by atoms with Gasteiger partial charge in [0.1, 0.15) is 11.8 Å². The molecule has 0 atom stereocenters. The summed E-state index contributed by atoms with van der Waals surface area (Å²) in [5, 5.41) is 4.56. The lowest BCUT2D eigenvalue weighted by atomic mass is 9.93. The molecule has 1 aromatic carbocycles. The van der Waals surface area contributed by atoms with Gasteiger partial charge in [-0.1, -0.05) is 29.8 Å². The number of pyridine rings is 1. The van der Waals surface area contributed by atoms with E-state index in [1.54, 1.807) is 18.3 Å². The Morgan fingerprint density at radius 3 is 2.69 bits per heavy atom. The van der Waals surface area contributed by atoms with Crippen LogP contribution in [-0.2, 0) is 9.53 Å². The number of nitrogens with zero attached hydrogens (tertiary/aromatic N) is 2. The highest BCUT2D eigenvalue weighted by Gasteiger charge is 2.23. The minimum absolute atomic E-state index is 0.0114. The molecule has 0 spiro atoms. The standard InChI is InChI=1S/C21H21ClN4O3/c1-12(27)29-15-8-6-14(7-9-15)24-21-23-11-13-10-17(20(28)25-19(13)26-21)16-4-2-3-5-18(16)22/h2-5,10-11,14-15H,6-9H2,1H3,(H2,23,24,25,26,28)/t14-,15-. The van der Waals surface area contributed by atoms with Crippen LogP contribution >= 0.6 is 11.6 Å². The zero-order valence-corrected chi connectivity index (χ0v) is 16.7. The number of hydrogen-bond acceptors (Lipinski definition) is 6. The molecule has 0 saturated heterocycles. The summed E-state index contributed by atoms with van der Waals surface area (Å²) in [7, 11) is 0. The van der Waals surface area contributed by atoms with Crippen LogP contribution in [0, 0.1) is 0 Å². The summed E-state index contributed by atoms with van der Waals surface area (Å²) in [6, 6.07) is 9.17. The van der Waals surface area contributed by atoms with E-state index in [2.05, 4.69) is 20.3 Å². The number of fused-ring (bicyclic) bond motifs is 1. The molecule has 1 aliphatic rings. The van der Waals surface area contributed by atoms with Crippen molar-refractivity contribution in [2.45, 2.75) is 44.8 Å². The van der Waals surface area contributed by atoms with Crippen LogP contribution in [0.3, 0.4) is 0 Å². The molecule has 1 aliphatic carbocycles. The van der Waals surface area contributed by atoms with E-state index < -0.39 is 0 Å². The lowest BCUT2D eigenvalue weighted by Gasteiger charge is -2.28. The van der Waals surface area contributed by atoms with Crippen molar-refractivity contribution in [1.29, 1.82) is 0 Å². The molecule has 0 amide bonds. The molecule has 0 aliphatic heterocycles. The first kappa shape index (κ1) is 19.4. The smallest absolute Gasteiger partial charge is 0.302 e. The second-order valence-electron chi connectivity index (χ2n) is 7.22. The summed E-state index contributed by atoms with van der Waals surface area (Å²) in [5.74, 6) is 0.231. The molecule has 4 rings (SSSR count). The fourth-order valence-electron chi connectivity index (χ4n) is 3.68. The number of benzene rings is 1. The van der Waals surface area contributed by atoms with Crippen LogP contribution in [0.2, 0.25) is 5.02 Å². The molecule has 1 saturated carbocycles. The Morgan fingerprint density at radius 2 is 1.97 bits per heavy atom. The third kappa shape index (κ3) is 4.40. The van der Waals surface area contributed by atoms with E-state index in [1.165, 1.54) is 6.92 Å². The summed E-state index contributed by atoms with van der Waals surface area (Å²) in [5.41, 5.74) is 1.37. The minimum atomic E-state index is -0.253. The van der Waals surface area contributed by atoms with E-state index in [1.807, 2.05) is 18.2 Å². The van der Waals surface area contributed by atoms with Crippen LogP contribution in [-0.4, -0.2) is 33.1 Å². The van der Waals surface area contributed by atoms with Crippen LogP contribution in [0.25, 0.3) is 22.2 Å². The van der Waals surface area contributed by atoms with E-state index in [0.717, 1.165) is 31.1 Å². The summed E-state index contributed by atoms with van der Waals surface area (Å²) < 4.78 is 5.27. The first-order valence-electron chi connectivity index (χ1n) is 9.58. The number of esters is 1. The van der Waals surface area contributed by atoms with Gasteiger partial charge < -0.3 is 15.0 Å². The van der Waals surface area contributed by atoms with Gasteiger partial charge in [-0.2, -0.15) is 4.98 Å². The van der Waals surface area contributed by atoms with Gasteiger partial charge in [0.25, 0.3) is 5.56 Å². The quantitative estimate of drug-likeness (QED) is 0.630. The number of anilines is 1. The molecule has 0 unspecified atom stereocenters. The van der Waals surface area contributed by atoms with E-state index in [-0.39, 0.29) is 23.7 Å². The van der Waals surface area contributed by atoms with Gasteiger partial charge in [-0.15, -0.1) is 0 Å². The van der Waals surface area contributed by atoms with Crippen LogP contribution in [0.1, 0.15) is 32.6 Å². The molecular weight excluding hydrogens is 392 g/mol. The fraction of sp³-hybridized carbons (Fsp3) is 0.333. The van der Waals surface area contributed by atoms with Gasteiger partial charge in [-0.05, 0) is 37.8 Å². The van der Waals surface area contributed by atoms with Gasteiger partial charge in [0.05, 0.1) is 0 Å². The lowest BCUT2D eigenvalue weighted by Crippen LogP contribution is -2.31. The monoisotopic (exact) mass is 412 g/mol. The Hall–Kier alpha value is -2.93. The van der Waals surface area contributed by atoms with Gasteiger partial charge in [0.2, 0.25) is 5.95 Å². The van der Waals surface area contributed by atoms with Gasteiger partial charge in [-0.3, -0.25) is 9.59 Å². The number of carbonyl (C=O) groups is 1. The number of ether oxygens (including phenoxy) is 1. The van der Waals surface area contributed by atoms with Crippen molar-refractivity contribution in [3.8, 4) is 11.1 Å². The Balaban J connectivity index is 1.52. The van der Waals surface area contributed by atoms with Gasteiger partial charge in [-0.25, -0.2) is 4.98 Å². The van der Waals surface area contributed by atoms with Crippen LogP contribution in [0.4, 0.5) is 5.95 Å². The average Bonchev–Trinajstić information content (AvgIpc) is 2.69. The van der Waals surface area contributed by atoms with Crippen LogP contribution in [0.15, 0.2) is 41.3 Å². The van der Waals surface area contributed by atoms with Crippen molar-refractivity contribution in [2.75, 3.05) is 5.32 Å². The first-order chi connectivity index (χ1) is 14.0. The molecule has 1 fully saturated rings. The normalized spacial score (nSPS) is 19.1. The first-order valence-corrected chi connectivity index (χ1v) is 9.96. The zero-order chi connectivity index (χ0) is 20.4. The Morgan fingerprint density at radius 1 is 1.21 bits per heavy atom. The summed E-state index contributed by atoms with van der Waals surface area (Å²) in [4.78, 5) is 35.3. The number of rotatable bonds is 4. The predicted molar refractivity (Wildman–Crippen MR) is 112 cm³/mol. The second-order valence-corrected chi connectivity index (χ2v) is 7.62. The van der Waals surface area contributed by atoms with Gasteiger partial charge >= 0.3 is 5.97 Å². The number of nitrogens with one attached hydrogen (secondary N) is 2. The van der Waals surface area contributed by atoms with E-state index >= 15 is 0 Å². The largest absolute Gasteiger partial charge is 0.463 e. The third-order valence-electron chi connectivity index (χ3n) is 5.10. The number of halogens is 1. The maximum Gasteiger partial charge on any atom is 0.302 e. The number of hydrogen-bond donors (Lipinski definition) is 2. The fourth-order valence-corrected chi connectivity index (χ4v) is 3.92. The summed E-state index contributed by atoms with van der Waals surface area (Å²) in [6.07, 6.45) is 5.02. The minimum Gasteiger partial charge on any atom is -0.463 e. The molecule has 7 nitrogen and oxygen atoms in total. The Labute approximate surface area is 172 Å². The van der Waals surface area contributed by atoms with E-state index in [0.29, 0.717) is 27.7 Å². The van der Waals surface area contributed by atoms with Gasteiger partial charge in [0, 0.05) is 40.7 Å². The third-order valence-corrected chi connectivity index (χ3v) is 5.43. The Kier molecular flexibility index (Phi) is 5.49. The van der Waals surface area contributed by atoms with Crippen molar-refractivity contribution < 1.29 is 9.53 Å².